The van der Waals surface area contributed by atoms with Crippen molar-refractivity contribution in [1.82, 2.24) is 5.43 Å². The predicted octanol–water partition coefficient (Wildman–Crippen LogP) is 6.00. The first kappa shape index (κ1) is 25.3. The minimum atomic E-state index is -3.98. The Hall–Kier alpha value is -3.75. The number of para-hydroxylation sites is 1. The third kappa shape index (κ3) is 5.90. The van der Waals surface area contributed by atoms with Gasteiger partial charge in [0.15, 0.2) is 0 Å². The zero-order valence-electron chi connectivity index (χ0n) is 19.5. The number of nitrogens with zero attached hydrogens (tertiary/aromatic N) is 2. The molecular formula is C28H24BrN3O3S. The standard InChI is InChI=1S/C28H24BrN3O3S/c1-21(23-13-10-14-24(29)19-23)30-31-28(33)26-17-8-9-18-27(26)32(20-22-11-4-2-5-12-22)36(34,35)25-15-6-3-7-16-25/h2-19H,20H2,1H3,(H,31,33)/b30-21-. The second-order valence-electron chi connectivity index (χ2n) is 7.98. The van der Waals surface area contributed by atoms with Crippen LogP contribution in [0.2, 0.25) is 0 Å². The highest BCUT2D eigenvalue weighted by Gasteiger charge is 2.28. The highest BCUT2D eigenvalue weighted by molar-refractivity contribution is 9.10. The molecule has 1 N–H and O–H groups in total. The number of rotatable bonds is 8. The fourth-order valence-electron chi connectivity index (χ4n) is 3.62. The van der Waals surface area contributed by atoms with Crippen LogP contribution >= 0.6 is 15.9 Å². The highest BCUT2D eigenvalue weighted by Crippen LogP contribution is 2.29. The Morgan fingerprint density at radius 3 is 2.19 bits per heavy atom. The highest BCUT2D eigenvalue weighted by atomic mass is 79.9. The van der Waals surface area contributed by atoms with Gasteiger partial charge in [0.1, 0.15) is 0 Å². The van der Waals surface area contributed by atoms with Gasteiger partial charge in [0.2, 0.25) is 0 Å². The number of hydrazone groups is 1. The van der Waals surface area contributed by atoms with E-state index >= 15 is 0 Å². The lowest BCUT2D eigenvalue weighted by Gasteiger charge is -2.26. The molecule has 0 unspecified atom stereocenters. The second kappa shape index (κ2) is 11.3. The van der Waals surface area contributed by atoms with Gasteiger partial charge in [-0.15, -0.1) is 0 Å². The summed E-state index contributed by atoms with van der Waals surface area (Å²) in [4.78, 5) is 13.4. The number of carbonyl (C=O) groups excluding carboxylic acids is 1. The molecule has 0 saturated carbocycles. The fourth-order valence-corrected chi connectivity index (χ4v) is 5.52. The molecule has 0 fully saturated rings. The third-order valence-corrected chi connectivity index (χ3v) is 7.75. The molecule has 0 aliphatic rings. The molecule has 0 heterocycles. The fraction of sp³-hybridized carbons (Fsp3) is 0.0714. The molecule has 4 aromatic carbocycles. The van der Waals surface area contributed by atoms with E-state index in [1.807, 2.05) is 54.6 Å². The number of carbonyl (C=O) groups is 1. The van der Waals surface area contributed by atoms with Gasteiger partial charge in [0, 0.05) is 4.47 Å². The Balaban J connectivity index is 1.72. The summed E-state index contributed by atoms with van der Waals surface area (Å²) < 4.78 is 29.7. The molecule has 6 nitrogen and oxygen atoms in total. The molecule has 4 aromatic rings. The van der Waals surface area contributed by atoms with Crippen molar-refractivity contribution in [2.75, 3.05) is 4.31 Å². The van der Waals surface area contributed by atoms with Crippen molar-refractivity contribution in [3.63, 3.8) is 0 Å². The van der Waals surface area contributed by atoms with Crippen LogP contribution in [-0.2, 0) is 16.6 Å². The van der Waals surface area contributed by atoms with Crippen LogP contribution in [0.15, 0.2) is 124 Å². The van der Waals surface area contributed by atoms with E-state index in [0.29, 0.717) is 5.71 Å². The summed E-state index contributed by atoms with van der Waals surface area (Å²) in [5.74, 6) is -0.513. The van der Waals surface area contributed by atoms with Gasteiger partial charge in [0.05, 0.1) is 28.4 Å². The van der Waals surface area contributed by atoms with Crippen molar-refractivity contribution in [2.45, 2.75) is 18.4 Å². The molecule has 0 radical (unpaired) electrons. The van der Waals surface area contributed by atoms with Crippen LogP contribution in [0.25, 0.3) is 0 Å². The number of amides is 1. The average molecular weight is 562 g/mol. The van der Waals surface area contributed by atoms with Crippen molar-refractivity contribution < 1.29 is 13.2 Å². The predicted molar refractivity (Wildman–Crippen MR) is 147 cm³/mol. The summed E-state index contributed by atoms with van der Waals surface area (Å²) in [7, 11) is -3.98. The van der Waals surface area contributed by atoms with E-state index in [2.05, 4.69) is 26.5 Å². The first-order valence-corrected chi connectivity index (χ1v) is 13.4. The molecule has 0 spiro atoms. The Bertz CT molecular complexity index is 1490. The van der Waals surface area contributed by atoms with Crippen LogP contribution in [0.3, 0.4) is 0 Å². The molecule has 36 heavy (non-hydrogen) atoms. The number of halogens is 1. The van der Waals surface area contributed by atoms with Crippen molar-refractivity contribution in [3.05, 3.63) is 130 Å². The maximum absolute atomic E-state index is 13.8. The molecule has 0 aromatic heterocycles. The van der Waals surface area contributed by atoms with Crippen LogP contribution in [0.1, 0.15) is 28.4 Å². The summed E-state index contributed by atoms with van der Waals surface area (Å²) in [5, 5.41) is 4.24. The summed E-state index contributed by atoms with van der Waals surface area (Å²) >= 11 is 3.43. The van der Waals surface area contributed by atoms with E-state index in [9.17, 15) is 13.2 Å². The van der Waals surface area contributed by atoms with Gasteiger partial charge in [-0.2, -0.15) is 5.10 Å². The Morgan fingerprint density at radius 1 is 0.861 bits per heavy atom. The van der Waals surface area contributed by atoms with Gasteiger partial charge >= 0.3 is 0 Å². The van der Waals surface area contributed by atoms with Crippen molar-refractivity contribution in [1.29, 1.82) is 0 Å². The number of nitrogens with one attached hydrogen (secondary N) is 1. The van der Waals surface area contributed by atoms with E-state index in [0.717, 1.165) is 15.6 Å². The first-order chi connectivity index (χ1) is 17.4. The third-order valence-electron chi connectivity index (χ3n) is 5.49. The molecule has 0 atom stereocenters. The molecule has 0 bridgehead atoms. The van der Waals surface area contributed by atoms with E-state index in [-0.39, 0.29) is 22.7 Å². The average Bonchev–Trinajstić information content (AvgIpc) is 2.91. The molecule has 8 heteroatoms. The van der Waals surface area contributed by atoms with Crippen LogP contribution in [0, 0.1) is 0 Å². The summed E-state index contributed by atoms with van der Waals surface area (Å²) in [6.45, 7) is 1.85. The SMILES string of the molecule is C/C(=N/NC(=O)c1ccccc1N(Cc1ccccc1)S(=O)(=O)c1ccccc1)c1cccc(Br)c1. The number of hydrogen-bond donors (Lipinski definition) is 1. The lowest BCUT2D eigenvalue weighted by atomic mass is 10.1. The minimum absolute atomic E-state index is 0.0582. The number of anilines is 1. The maximum Gasteiger partial charge on any atom is 0.273 e. The van der Waals surface area contributed by atoms with Gasteiger partial charge in [-0.3, -0.25) is 9.10 Å². The molecule has 182 valence electrons. The minimum Gasteiger partial charge on any atom is -0.267 e. The summed E-state index contributed by atoms with van der Waals surface area (Å²) in [5.41, 5.74) is 5.28. The molecule has 0 aliphatic carbocycles. The number of benzene rings is 4. The van der Waals surface area contributed by atoms with E-state index < -0.39 is 15.9 Å². The largest absolute Gasteiger partial charge is 0.273 e. The van der Waals surface area contributed by atoms with E-state index in [1.165, 1.54) is 4.31 Å². The summed E-state index contributed by atoms with van der Waals surface area (Å²) in [6.07, 6.45) is 0. The lowest BCUT2D eigenvalue weighted by Crippen LogP contribution is -2.33. The normalized spacial score (nSPS) is 11.7. The van der Waals surface area contributed by atoms with Crippen LogP contribution in [0.4, 0.5) is 5.69 Å². The smallest absolute Gasteiger partial charge is 0.267 e. The van der Waals surface area contributed by atoms with E-state index in [1.54, 1.807) is 61.5 Å². The van der Waals surface area contributed by atoms with Gasteiger partial charge < -0.3 is 0 Å². The van der Waals surface area contributed by atoms with Crippen LogP contribution in [-0.4, -0.2) is 20.0 Å². The number of hydrogen-bond acceptors (Lipinski definition) is 4. The second-order valence-corrected chi connectivity index (χ2v) is 10.8. The zero-order valence-corrected chi connectivity index (χ0v) is 21.9. The lowest BCUT2D eigenvalue weighted by molar-refractivity contribution is 0.0955. The van der Waals surface area contributed by atoms with Gasteiger partial charge in [-0.05, 0) is 54.4 Å². The molecule has 0 saturated heterocycles. The Labute approximate surface area is 219 Å². The molecular weight excluding hydrogens is 538 g/mol. The van der Waals surface area contributed by atoms with E-state index in [4.69, 9.17) is 0 Å². The zero-order chi connectivity index (χ0) is 25.5. The molecule has 1 amide bonds. The summed E-state index contributed by atoms with van der Waals surface area (Å²) in [6, 6.07) is 31.6. The Kier molecular flexibility index (Phi) is 7.97. The molecule has 0 aliphatic heterocycles. The van der Waals surface area contributed by atoms with Crippen molar-refractivity contribution in [3.8, 4) is 0 Å². The monoisotopic (exact) mass is 561 g/mol. The van der Waals surface area contributed by atoms with Crippen molar-refractivity contribution >= 4 is 43.3 Å². The van der Waals surface area contributed by atoms with Crippen molar-refractivity contribution in [2.24, 2.45) is 5.10 Å². The van der Waals surface area contributed by atoms with Gasteiger partial charge in [-0.25, -0.2) is 13.8 Å². The maximum atomic E-state index is 13.8. The first-order valence-electron chi connectivity index (χ1n) is 11.2. The van der Waals surface area contributed by atoms with Gasteiger partial charge in [0.25, 0.3) is 15.9 Å². The quantitative estimate of drug-likeness (QED) is 0.211. The van der Waals surface area contributed by atoms with Crippen LogP contribution < -0.4 is 9.73 Å². The topological polar surface area (TPSA) is 78.8 Å². The van der Waals surface area contributed by atoms with Crippen LogP contribution in [0.5, 0.6) is 0 Å². The Morgan fingerprint density at radius 2 is 1.50 bits per heavy atom. The number of sulfonamides is 1. The molecule has 4 rings (SSSR count). The van der Waals surface area contributed by atoms with Gasteiger partial charge in [-0.1, -0.05) is 88.7 Å².